The number of benzene rings is 1. The van der Waals surface area contributed by atoms with E-state index < -0.39 is 0 Å². The van der Waals surface area contributed by atoms with Crippen molar-refractivity contribution in [1.82, 2.24) is 14.1 Å². The van der Waals surface area contributed by atoms with Gasteiger partial charge in [-0.05, 0) is 17.7 Å². The SMILES string of the molecule is Cn1c(Cl)cnc1Cn1cc(CN)c2ccc(Cl)cc21. The standard InChI is InChI=1S/C14H14Cl2N4/c1-19-13(16)6-18-14(19)8-20-7-9(5-17)11-3-2-10(15)4-12(11)20/h2-4,6-7H,5,8,17H2,1H3. The first kappa shape index (κ1) is 13.5. The molecule has 0 saturated heterocycles. The molecule has 0 radical (unpaired) electrons. The Labute approximate surface area is 126 Å². The van der Waals surface area contributed by atoms with Gasteiger partial charge in [-0.2, -0.15) is 0 Å². The highest BCUT2D eigenvalue weighted by Crippen LogP contribution is 2.25. The second-order valence-corrected chi connectivity index (χ2v) is 5.53. The lowest BCUT2D eigenvalue weighted by Gasteiger charge is -2.06. The van der Waals surface area contributed by atoms with Crippen molar-refractivity contribution < 1.29 is 0 Å². The number of nitrogens with two attached hydrogens (primary N) is 1. The Morgan fingerprint density at radius 3 is 2.75 bits per heavy atom. The Morgan fingerprint density at radius 1 is 1.30 bits per heavy atom. The summed E-state index contributed by atoms with van der Waals surface area (Å²) in [5.74, 6) is 0.885. The van der Waals surface area contributed by atoms with E-state index in [0.717, 1.165) is 22.3 Å². The zero-order chi connectivity index (χ0) is 14.3. The van der Waals surface area contributed by atoms with Crippen LogP contribution in [0.25, 0.3) is 10.9 Å². The number of hydrogen-bond acceptors (Lipinski definition) is 2. The van der Waals surface area contributed by atoms with E-state index in [1.807, 2.05) is 36.0 Å². The minimum absolute atomic E-state index is 0.493. The summed E-state index contributed by atoms with van der Waals surface area (Å²) in [6.07, 6.45) is 3.70. The van der Waals surface area contributed by atoms with E-state index in [0.29, 0.717) is 23.3 Å². The molecule has 3 rings (SSSR count). The third kappa shape index (κ3) is 2.20. The lowest BCUT2D eigenvalue weighted by molar-refractivity contribution is 0.716. The molecule has 0 spiro atoms. The van der Waals surface area contributed by atoms with Crippen molar-refractivity contribution in [2.45, 2.75) is 13.1 Å². The summed E-state index contributed by atoms with van der Waals surface area (Å²) in [6, 6.07) is 5.83. The first-order chi connectivity index (χ1) is 9.60. The van der Waals surface area contributed by atoms with Gasteiger partial charge in [-0.3, -0.25) is 0 Å². The van der Waals surface area contributed by atoms with Gasteiger partial charge in [0.25, 0.3) is 0 Å². The van der Waals surface area contributed by atoms with Crippen LogP contribution in [0.3, 0.4) is 0 Å². The quantitative estimate of drug-likeness (QED) is 0.808. The van der Waals surface area contributed by atoms with E-state index in [4.69, 9.17) is 28.9 Å². The third-order valence-corrected chi connectivity index (χ3v) is 4.07. The lowest BCUT2D eigenvalue weighted by Crippen LogP contribution is -2.05. The Morgan fingerprint density at radius 2 is 2.10 bits per heavy atom. The van der Waals surface area contributed by atoms with Crippen LogP contribution in [0.15, 0.2) is 30.6 Å². The highest BCUT2D eigenvalue weighted by molar-refractivity contribution is 6.31. The fraction of sp³-hybridized carbons (Fsp3) is 0.214. The zero-order valence-corrected chi connectivity index (χ0v) is 12.5. The van der Waals surface area contributed by atoms with Crippen molar-refractivity contribution in [1.29, 1.82) is 0 Å². The first-order valence-electron chi connectivity index (χ1n) is 6.23. The molecule has 0 fully saturated rings. The maximum atomic E-state index is 6.09. The third-order valence-electron chi connectivity index (χ3n) is 3.49. The molecule has 2 aromatic heterocycles. The molecule has 4 nitrogen and oxygen atoms in total. The predicted molar refractivity (Wildman–Crippen MR) is 82.2 cm³/mol. The van der Waals surface area contributed by atoms with Crippen LogP contribution in [0, 0.1) is 0 Å². The molecule has 0 aliphatic rings. The summed E-state index contributed by atoms with van der Waals surface area (Å²) in [6.45, 7) is 1.12. The summed E-state index contributed by atoms with van der Waals surface area (Å²) in [5, 5.41) is 2.45. The fourth-order valence-electron chi connectivity index (χ4n) is 2.36. The van der Waals surface area contributed by atoms with Gasteiger partial charge in [-0.25, -0.2) is 4.98 Å². The predicted octanol–water partition coefficient (Wildman–Crippen LogP) is 3.19. The highest BCUT2D eigenvalue weighted by atomic mass is 35.5. The molecule has 20 heavy (non-hydrogen) atoms. The number of nitrogens with zero attached hydrogens (tertiary/aromatic N) is 3. The minimum Gasteiger partial charge on any atom is -0.340 e. The second-order valence-electron chi connectivity index (χ2n) is 4.70. The number of rotatable bonds is 3. The lowest BCUT2D eigenvalue weighted by atomic mass is 10.2. The topological polar surface area (TPSA) is 48.8 Å². The zero-order valence-electron chi connectivity index (χ0n) is 11.0. The molecule has 104 valence electrons. The van der Waals surface area contributed by atoms with Crippen molar-refractivity contribution in [2.75, 3.05) is 0 Å². The van der Waals surface area contributed by atoms with E-state index in [2.05, 4.69) is 9.55 Å². The molecule has 2 N–H and O–H groups in total. The van der Waals surface area contributed by atoms with Gasteiger partial charge in [0.05, 0.1) is 18.3 Å². The number of aromatic nitrogens is 3. The van der Waals surface area contributed by atoms with Gasteiger partial charge in [0.1, 0.15) is 11.0 Å². The molecule has 0 aliphatic heterocycles. The molecule has 0 saturated carbocycles. The van der Waals surface area contributed by atoms with Gasteiger partial charge in [0, 0.05) is 30.2 Å². The van der Waals surface area contributed by atoms with Crippen LogP contribution in [0.2, 0.25) is 10.2 Å². The smallest absolute Gasteiger partial charge is 0.129 e. The van der Waals surface area contributed by atoms with E-state index in [1.54, 1.807) is 6.20 Å². The van der Waals surface area contributed by atoms with Crippen LogP contribution >= 0.6 is 23.2 Å². The Kier molecular flexibility index (Phi) is 3.46. The number of fused-ring (bicyclic) bond motifs is 1. The normalized spacial score (nSPS) is 11.4. The van der Waals surface area contributed by atoms with Crippen molar-refractivity contribution in [3.63, 3.8) is 0 Å². The highest BCUT2D eigenvalue weighted by Gasteiger charge is 2.11. The van der Waals surface area contributed by atoms with Gasteiger partial charge in [0.2, 0.25) is 0 Å². The van der Waals surface area contributed by atoms with Crippen LogP contribution in [0.1, 0.15) is 11.4 Å². The van der Waals surface area contributed by atoms with Gasteiger partial charge < -0.3 is 14.9 Å². The van der Waals surface area contributed by atoms with Crippen molar-refractivity contribution >= 4 is 34.1 Å². The Balaban J connectivity index is 2.11. The summed E-state index contributed by atoms with van der Waals surface area (Å²) < 4.78 is 3.96. The van der Waals surface area contributed by atoms with E-state index in [1.165, 1.54) is 0 Å². The van der Waals surface area contributed by atoms with E-state index in [9.17, 15) is 0 Å². The van der Waals surface area contributed by atoms with Crippen LogP contribution < -0.4 is 5.73 Å². The monoisotopic (exact) mass is 308 g/mol. The molecule has 0 amide bonds. The van der Waals surface area contributed by atoms with Gasteiger partial charge in [-0.1, -0.05) is 29.3 Å². The maximum Gasteiger partial charge on any atom is 0.129 e. The fourth-order valence-corrected chi connectivity index (χ4v) is 2.67. The number of hydrogen-bond donors (Lipinski definition) is 1. The van der Waals surface area contributed by atoms with Crippen LogP contribution in [-0.2, 0) is 20.1 Å². The molecule has 6 heteroatoms. The summed E-state index contributed by atoms with van der Waals surface area (Å²) in [5.41, 5.74) is 7.95. The van der Waals surface area contributed by atoms with Gasteiger partial charge in [-0.15, -0.1) is 0 Å². The van der Waals surface area contributed by atoms with Crippen molar-refractivity contribution in [3.8, 4) is 0 Å². The summed E-state index contributed by atoms with van der Waals surface area (Å²) in [7, 11) is 1.90. The number of halogens is 2. The van der Waals surface area contributed by atoms with Crippen molar-refractivity contribution in [3.05, 3.63) is 52.2 Å². The van der Waals surface area contributed by atoms with Gasteiger partial charge in [0.15, 0.2) is 0 Å². The molecule has 0 atom stereocenters. The largest absolute Gasteiger partial charge is 0.340 e. The molecule has 0 aliphatic carbocycles. The average molecular weight is 309 g/mol. The Bertz CT molecular complexity index is 773. The maximum absolute atomic E-state index is 6.09. The van der Waals surface area contributed by atoms with Crippen molar-refractivity contribution in [2.24, 2.45) is 12.8 Å². The van der Waals surface area contributed by atoms with E-state index in [-0.39, 0.29) is 0 Å². The summed E-state index contributed by atoms with van der Waals surface area (Å²) in [4.78, 5) is 4.32. The molecular formula is C14H14Cl2N4. The molecular weight excluding hydrogens is 295 g/mol. The molecule has 3 aromatic rings. The van der Waals surface area contributed by atoms with Crippen LogP contribution in [0.5, 0.6) is 0 Å². The molecule has 0 unspecified atom stereocenters. The van der Waals surface area contributed by atoms with Gasteiger partial charge >= 0.3 is 0 Å². The molecule has 2 heterocycles. The minimum atomic E-state index is 0.493. The first-order valence-corrected chi connectivity index (χ1v) is 6.99. The molecule has 1 aromatic carbocycles. The average Bonchev–Trinajstić information content (AvgIpc) is 2.94. The molecule has 0 bridgehead atoms. The van der Waals surface area contributed by atoms with Crippen LogP contribution in [-0.4, -0.2) is 14.1 Å². The Hall–Kier alpha value is -1.49. The number of imidazole rings is 1. The van der Waals surface area contributed by atoms with E-state index >= 15 is 0 Å². The van der Waals surface area contributed by atoms with Crippen LogP contribution in [0.4, 0.5) is 0 Å². The second kappa shape index (κ2) is 5.13. The summed E-state index contributed by atoms with van der Waals surface area (Å²) >= 11 is 12.1.